The Kier molecular flexibility index (Phi) is 4.34. The van der Waals surface area contributed by atoms with Crippen LogP contribution in [0.2, 0.25) is 0 Å². The molecule has 24 heavy (non-hydrogen) atoms. The molecular weight excluding hydrogens is 302 g/mol. The second kappa shape index (κ2) is 6.77. The minimum absolute atomic E-state index is 0.142. The first kappa shape index (κ1) is 15.4. The normalized spacial score (nSPS) is 22.3. The van der Waals surface area contributed by atoms with Gasteiger partial charge in [-0.3, -0.25) is 9.78 Å². The van der Waals surface area contributed by atoms with Crippen LogP contribution in [0.4, 0.5) is 0 Å². The topological polar surface area (TPSA) is 63.2 Å². The Morgan fingerprint density at radius 3 is 2.75 bits per heavy atom. The maximum Gasteiger partial charge on any atom is 0.220 e. The van der Waals surface area contributed by atoms with Crippen LogP contribution in [0.15, 0.2) is 30.6 Å². The molecule has 2 saturated heterocycles. The number of carbonyl (C=O) groups excluding carboxylic acids is 1. The average molecular weight is 325 g/mol. The second-order valence-electron chi connectivity index (χ2n) is 6.68. The number of aromatic nitrogens is 1. The second-order valence-corrected chi connectivity index (χ2v) is 6.68. The first-order valence-corrected chi connectivity index (χ1v) is 8.82. The van der Waals surface area contributed by atoms with Gasteiger partial charge in [-0.1, -0.05) is 6.07 Å². The van der Waals surface area contributed by atoms with Crippen LogP contribution in [0.3, 0.4) is 0 Å². The zero-order valence-corrected chi connectivity index (χ0v) is 13.8. The average Bonchev–Trinajstić information content (AvgIpc) is 2.63. The van der Waals surface area contributed by atoms with Crippen LogP contribution < -0.4 is 15.4 Å². The number of fused-ring (bicyclic) bond motifs is 1. The summed E-state index contributed by atoms with van der Waals surface area (Å²) in [6, 6.07) is 6.25. The number of benzene rings is 1. The van der Waals surface area contributed by atoms with Gasteiger partial charge in [0.25, 0.3) is 0 Å². The van der Waals surface area contributed by atoms with Crippen LogP contribution in [0, 0.1) is 0 Å². The fraction of sp³-hybridized carbons (Fsp3) is 0.474. The summed E-state index contributed by atoms with van der Waals surface area (Å²) in [5, 5.41) is 8.50. The van der Waals surface area contributed by atoms with Crippen molar-refractivity contribution in [1.82, 2.24) is 15.6 Å². The highest BCUT2D eigenvalue weighted by Crippen LogP contribution is 2.36. The third kappa shape index (κ3) is 3.08. The first-order valence-electron chi connectivity index (χ1n) is 8.82. The number of piperidine rings is 2. The van der Waals surface area contributed by atoms with E-state index in [1.165, 1.54) is 5.56 Å². The molecule has 1 atom stereocenters. The van der Waals surface area contributed by atoms with Crippen LogP contribution in [0.25, 0.3) is 10.8 Å². The smallest absolute Gasteiger partial charge is 0.220 e. The van der Waals surface area contributed by atoms with Gasteiger partial charge in [-0.05, 0) is 61.4 Å². The summed E-state index contributed by atoms with van der Waals surface area (Å²) in [7, 11) is 0. The SMILES string of the molecule is O=C1CC(c2ccc(OC3CCNCC3)c3cnccc23)CCN1. The van der Waals surface area contributed by atoms with Crippen LogP contribution >= 0.6 is 0 Å². The van der Waals surface area contributed by atoms with Gasteiger partial charge in [-0.2, -0.15) is 0 Å². The van der Waals surface area contributed by atoms with E-state index in [1.807, 2.05) is 18.5 Å². The van der Waals surface area contributed by atoms with Crippen molar-refractivity contribution in [2.45, 2.75) is 37.7 Å². The molecule has 4 rings (SSSR count). The number of pyridine rings is 1. The highest BCUT2D eigenvalue weighted by molar-refractivity contribution is 5.91. The minimum Gasteiger partial charge on any atom is -0.490 e. The fourth-order valence-corrected chi connectivity index (χ4v) is 3.79. The van der Waals surface area contributed by atoms with Crippen molar-refractivity contribution in [3.05, 3.63) is 36.2 Å². The van der Waals surface area contributed by atoms with E-state index >= 15 is 0 Å². The molecule has 2 fully saturated rings. The quantitative estimate of drug-likeness (QED) is 0.909. The van der Waals surface area contributed by atoms with Gasteiger partial charge in [0.05, 0.1) is 0 Å². The summed E-state index contributed by atoms with van der Waals surface area (Å²) >= 11 is 0. The third-order valence-corrected chi connectivity index (χ3v) is 5.08. The first-order chi connectivity index (χ1) is 11.8. The molecule has 126 valence electrons. The standard InChI is InChI=1S/C19H23N3O2/c23-19-11-13(3-10-22-19)15-1-2-18(17-12-21-9-6-16(15)17)24-14-4-7-20-8-5-14/h1-2,6,9,12-14,20H,3-5,7-8,10-11H2,(H,22,23). The van der Waals surface area contributed by atoms with E-state index in [9.17, 15) is 4.79 Å². The molecular formula is C19H23N3O2. The van der Waals surface area contributed by atoms with E-state index in [-0.39, 0.29) is 17.9 Å². The van der Waals surface area contributed by atoms with E-state index in [0.717, 1.165) is 55.4 Å². The number of hydrogen-bond donors (Lipinski definition) is 2. The van der Waals surface area contributed by atoms with E-state index < -0.39 is 0 Å². The minimum atomic E-state index is 0.142. The zero-order chi connectivity index (χ0) is 16.4. The van der Waals surface area contributed by atoms with Gasteiger partial charge in [-0.15, -0.1) is 0 Å². The summed E-state index contributed by atoms with van der Waals surface area (Å²) in [6.45, 7) is 2.77. The van der Waals surface area contributed by atoms with Gasteiger partial charge >= 0.3 is 0 Å². The van der Waals surface area contributed by atoms with Crippen LogP contribution in [0.1, 0.15) is 37.2 Å². The number of amides is 1. The van der Waals surface area contributed by atoms with E-state index in [2.05, 4.69) is 27.8 Å². The lowest BCUT2D eigenvalue weighted by molar-refractivity contribution is -0.122. The fourth-order valence-electron chi connectivity index (χ4n) is 3.79. The molecule has 3 heterocycles. The number of ether oxygens (including phenoxy) is 1. The van der Waals surface area contributed by atoms with Crippen molar-refractivity contribution < 1.29 is 9.53 Å². The maximum absolute atomic E-state index is 11.8. The van der Waals surface area contributed by atoms with E-state index in [0.29, 0.717) is 6.42 Å². The van der Waals surface area contributed by atoms with Gasteiger partial charge in [0.1, 0.15) is 11.9 Å². The van der Waals surface area contributed by atoms with Crippen molar-refractivity contribution in [2.75, 3.05) is 19.6 Å². The van der Waals surface area contributed by atoms with Crippen molar-refractivity contribution in [3.63, 3.8) is 0 Å². The summed E-state index contributed by atoms with van der Waals surface area (Å²) in [5.41, 5.74) is 1.24. The molecule has 1 aromatic carbocycles. The Morgan fingerprint density at radius 2 is 1.92 bits per heavy atom. The molecule has 0 spiro atoms. The summed E-state index contributed by atoms with van der Waals surface area (Å²) in [6.07, 6.45) is 7.59. The Morgan fingerprint density at radius 1 is 1.04 bits per heavy atom. The van der Waals surface area contributed by atoms with Gasteiger partial charge in [0, 0.05) is 30.7 Å². The lowest BCUT2D eigenvalue weighted by Gasteiger charge is -2.26. The number of hydrogen-bond acceptors (Lipinski definition) is 4. The monoisotopic (exact) mass is 325 g/mol. The highest BCUT2D eigenvalue weighted by Gasteiger charge is 2.23. The van der Waals surface area contributed by atoms with Crippen molar-refractivity contribution in [3.8, 4) is 5.75 Å². The highest BCUT2D eigenvalue weighted by atomic mass is 16.5. The molecule has 1 unspecified atom stereocenters. The molecule has 0 bridgehead atoms. The molecule has 1 amide bonds. The summed E-state index contributed by atoms with van der Waals surface area (Å²) in [5.74, 6) is 1.33. The van der Waals surface area contributed by atoms with Gasteiger partial charge in [0.2, 0.25) is 5.91 Å². The lowest BCUT2D eigenvalue weighted by atomic mass is 9.87. The van der Waals surface area contributed by atoms with Crippen molar-refractivity contribution in [2.24, 2.45) is 0 Å². The lowest BCUT2D eigenvalue weighted by Crippen LogP contribution is -2.34. The Balaban J connectivity index is 1.67. The molecule has 2 aliphatic rings. The van der Waals surface area contributed by atoms with Crippen molar-refractivity contribution in [1.29, 1.82) is 0 Å². The Bertz CT molecular complexity index is 740. The summed E-state index contributed by atoms with van der Waals surface area (Å²) in [4.78, 5) is 16.1. The van der Waals surface area contributed by atoms with Crippen LogP contribution in [0.5, 0.6) is 5.75 Å². The van der Waals surface area contributed by atoms with Crippen molar-refractivity contribution >= 4 is 16.7 Å². The predicted octanol–water partition coefficient (Wildman–Crippen LogP) is 2.36. The molecule has 0 aliphatic carbocycles. The predicted molar refractivity (Wildman–Crippen MR) is 93.2 cm³/mol. The molecule has 5 heteroatoms. The molecule has 0 radical (unpaired) electrons. The number of nitrogens with zero attached hydrogens (tertiary/aromatic N) is 1. The largest absolute Gasteiger partial charge is 0.490 e. The maximum atomic E-state index is 11.8. The number of nitrogens with one attached hydrogen (secondary N) is 2. The molecule has 2 aliphatic heterocycles. The Labute approximate surface area is 141 Å². The van der Waals surface area contributed by atoms with Crippen LogP contribution in [-0.2, 0) is 4.79 Å². The number of rotatable bonds is 3. The van der Waals surface area contributed by atoms with E-state index in [4.69, 9.17) is 4.74 Å². The Hall–Kier alpha value is -2.14. The molecule has 0 saturated carbocycles. The zero-order valence-electron chi connectivity index (χ0n) is 13.8. The molecule has 1 aromatic heterocycles. The summed E-state index contributed by atoms with van der Waals surface area (Å²) < 4.78 is 6.27. The van der Waals surface area contributed by atoms with Gasteiger partial charge in [0.15, 0.2) is 0 Å². The van der Waals surface area contributed by atoms with Crippen LogP contribution in [-0.4, -0.2) is 36.6 Å². The molecule has 2 aromatic rings. The van der Waals surface area contributed by atoms with Gasteiger partial charge < -0.3 is 15.4 Å². The molecule has 2 N–H and O–H groups in total. The molecule has 5 nitrogen and oxygen atoms in total. The van der Waals surface area contributed by atoms with E-state index in [1.54, 1.807) is 0 Å². The number of carbonyl (C=O) groups is 1. The third-order valence-electron chi connectivity index (χ3n) is 5.08. The van der Waals surface area contributed by atoms with Gasteiger partial charge in [-0.25, -0.2) is 0 Å².